The largest absolute Gasteiger partial charge is 0.355 e. The van der Waals surface area contributed by atoms with Crippen molar-refractivity contribution in [3.05, 3.63) is 0 Å². The van der Waals surface area contributed by atoms with Crippen molar-refractivity contribution in [3.63, 3.8) is 0 Å². The molecule has 4 heteroatoms. The van der Waals surface area contributed by atoms with Crippen LogP contribution < -0.4 is 5.32 Å². The van der Waals surface area contributed by atoms with E-state index in [-0.39, 0.29) is 17.7 Å². The highest BCUT2D eigenvalue weighted by Crippen LogP contribution is 2.23. The van der Waals surface area contributed by atoms with Gasteiger partial charge in [-0.25, -0.2) is 0 Å². The molecule has 0 aromatic carbocycles. The van der Waals surface area contributed by atoms with Crippen LogP contribution in [0, 0.1) is 5.92 Å². The highest BCUT2D eigenvalue weighted by atomic mass is 16.2. The monoisotopic (exact) mass is 238 g/mol. The first-order chi connectivity index (χ1) is 8.22. The summed E-state index contributed by atoms with van der Waals surface area (Å²) in [5.74, 6) is 0.0953. The van der Waals surface area contributed by atoms with Gasteiger partial charge >= 0.3 is 0 Å². The van der Waals surface area contributed by atoms with E-state index in [1.165, 1.54) is 12.8 Å². The van der Waals surface area contributed by atoms with Crippen LogP contribution in [0.4, 0.5) is 0 Å². The predicted molar refractivity (Wildman–Crippen MR) is 65.4 cm³/mol. The van der Waals surface area contributed by atoms with E-state index in [1.54, 1.807) is 0 Å². The van der Waals surface area contributed by atoms with Crippen LogP contribution >= 0.6 is 0 Å². The van der Waals surface area contributed by atoms with Crippen LogP contribution in [0.5, 0.6) is 0 Å². The second-order valence-corrected chi connectivity index (χ2v) is 5.15. The Morgan fingerprint density at radius 3 is 2.88 bits per heavy atom. The summed E-state index contributed by atoms with van der Waals surface area (Å²) in [7, 11) is 0. The fourth-order valence-corrected chi connectivity index (χ4v) is 2.91. The van der Waals surface area contributed by atoms with E-state index < -0.39 is 0 Å². The van der Waals surface area contributed by atoms with Gasteiger partial charge < -0.3 is 10.2 Å². The maximum absolute atomic E-state index is 12.4. The first-order valence-electron chi connectivity index (χ1n) is 6.79. The number of likely N-dealkylation sites (tertiary alicyclic amines) is 1. The molecule has 0 radical (unpaired) electrons. The average molecular weight is 238 g/mol. The highest BCUT2D eigenvalue weighted by Gasteiger charge is 2.34. The minimum absolute atomic E-state index is 0.0196. The Morgan fingerprint density at radius 1 is 1.41 bits per heavy atom. The van der Waals surface area contributed by atoms with E-state index in [9.17, 15) is 9.59 Å². The zero-order valence-electron chi connectivity index (χ0n) is 10.6. The molecule has 2 fully saturated rings. The molecule has 0 saturated carbocycles. The Balaban J connectivity index is 2.02. The van der Waals surface area contributed by atoms with Gasteiger partial charge in [0.25, 0.3) is 0 Å². The van der Waals surface area contributed by atoms with Gasteiger partial charge in [0.1, 0.15) is 0 Å². The number of hydrogen-bond donors (Lipinski definition) is 1. The molecule has 0 aromatic rings. The quantitative estimate of drug-likeness (QED) is 0.788. The molecule has 2 atom stereocenters. The molecule has 2 unspecified atom stereocenters. The predicted octanol–water partition coefficient (Wildman–Crippen LogP) is 1.30. The molecule has 2 rings (SSSR count). The summed E-state index contributed by atoms with van der Waals surface area (Å²) in [5, 5.41) is 2.75. The second-order valence-electron chi connectivity index (χ2n) is 5.15. The van der Waals surface area contributed by atoms with Gasteiger partial charge in [0.15, 0.2) is 0 Å². The summed E-state index contributed by atoms with van der Waals surface area (Å²) >= 11 is 0. The van der Waals surface area contributed by atoms with Crippen molar-refractivity contribution in [1.29, 1.82) is 0 Å². The van der Waals surface area contributed by atoms with Crippen LogP contribution in [-0.4, -0.2) is 35.8 Å². The maximum atomic E-state index is 12.4. The first kappa shape index (κ1) is 12.4. The summed E-state index contributed by atoms with van der Waals surface area (Å²) in [5.41, 5.74) is 0. The van der Waals surface area contributed by atoms with E-state index in [0.717, 1.165) is 25.8 Å². The summed E-state index contributed by atoms with van der Waals surface area (Å²) in [6.45, 7) is 3.56. The number of carbonyl (C=O) groups is 2. The number of rotatable bonds is 2. The molecule has 0 aromatic heterocycles. The van der Waals surface area contributed by atoms with Crippen LogP contribution in [0.3, 0.4) is 0 Å². The third-order valence-corrected chi connectivity index (χ3v) is 3.96. The molecule has 4 nitrogen and oxygen atoms in total. The molecule has 2 saturated heterocycles. The number of hydrogen-bond acceptors (Lipinski definition) is 2. The van der Waals surface area contributed by atoms with Crippen molar-refractivity contribution >= 4 is 11.8 Å². The fraction of sp³-hybridized carbons (Fsp3) is 0.846. The summed E-state index contributed by atoms with van der Waals surface area (Å²) in [4.78, 5) is 25.6. The maximum Gasteiger partial charge on any atom is 0.228 e. The van der Waals surface area contributed by atoms with E-state index in [1.807, 2.05) is 4.90 Å². The standard InChI is InChI=1S/C13H22N2O2/c1-2-11-6-4-3-5-7-15(11)13(17)10-8-12(16)14-9-10/h10-11H,2-9H2,1H3,(H,14,16). The van der Waals surface area contributed by atoms with Gasteiger partial charge in [0, 0.05) is 25.6 Å². The van der Waals surface area contributed by atoms with Crippen molar-refractivity contribution in [3.8, 4) is 0 Å². The molecule has 0 spiro atoms. The van der Waals surface area contributed by atoms with Gasteiger partial charge in [-0.15, -0.1) is 0 Å². The lowest BCUT2D eigenvalue weighted by atomic mass is 10.0. The SMILES string of the molecule is CCC1CCCCCN1C(=O)C1CNC(=O)C1. The Bertz CT molecular complexity index is 304. The van der Waals surface area contributed by atoms with Gasteiger partial charge in [-0.3, -0.25) is 9.59 Å². The molecule has 17 heavy (non-hydrogen) atoms. The normalized spacial score (nSPS) is 29.9. The first-order valence-corrected chi connectivity index (χ1v) is 6.79. The van der Waals surface area contributed by atoms with E-state index in [4.69, 9.17) is 0 Å². The van der Waals surface area contributed by atoms with Crippen molar-refractivity contribution in [1.82, 2.24) is 10.2 Å². The van der Waals surface area contributed by atoms with Crippen molar-refractivity contribution in [2.45, 2.75) is 51.5 Å². The third kappa shape index (κ3) is 2.79. The van der Waals surface area contributed by atoms with Crippen molar-refractivity contribution < 1.29 is 9.59 Å². The molecule has 1 N–H and O–H groups in total. The van der Waals surface area contributed by atoms with Crippen LogP contribution in [0.15, 0.2) is 0 Å². The number of nitrogens with one attached hydrogen (secondary N) is 1. The Kier molecular flexibility index (Phi) is 4.02. The topological polar surface area (TPSA) is 49.4 Å². The molecule has 2 aliphatic rings. The van der Waals surface area contributed by atoms with Gasteiger partial charge in [0.05, 0.1) is 5.92 Å². The molecule has 2 heterocycles. The summed E-state index contributed by atoms with van der Waals surface area (Å²) in [6.07, 6.45) is 6.09. The third-order valence-electron chi connectivity index (χ3n) is 3.96. The Labute approximate surface area is 103 Å². The van der Waals surface area contributed by atoms with Crippen molar-refractivity contribution in [2.24, 2.45) is 5.92 Å². The lowest BCUT2D eigenvalue weighted by Gasteiger charge is -2.31. The highest BCUT2D eigenvalue weighted by molar-refractivity contribution is 5.89. The minimum atomic E-state index is -0.116. The lowest BCUT2D eigenvalue weighted by Crippen LogP contribution is -2.43. The molecule has 96 valence electrons. The van der Waals surface area contributed by atoms with Gasteiger partial charge in [-0.1, -0.05) is 19.8 Å². The van der Waals surface area contributed by atoms with Gasteiger partial charge in [-0.2, -0.15) is 0 Å². The number of amides is 2. The van der Waals surface area contributed by atoms with Crippen LogP contribution in [0.2, 0.25) is 0 Å². The minimum Gasteiger partial charge on any atom is -0.355 e. The van der Waals surface area contributed by atoms with E-state index >= 15 is 0 Å². The Morgan fingerprint density at radius 2 is 2.24 bits per heavy atom. The fourth-order valence-electron chi connectivity index (χ4n) is 2.91. The zero-order valence-corrected chi connectivity index (χ0v) is 10.6. The Hall–Kier alpha value is -1.06. The van der Waals surface area contributed by atoms with Crippen molar-refractivity contribution in [2.75, 3.05) is 13.1 Å². The van der Waals surface area contributed by atoms with Gasteiger partial charge in [0.2, 0.25) is 11.8 Å². The summed E-state index contributed by atoms with van der Waals surface area (Å²) in [6, 6.07) is 0.390. The molecule has 0 aliphatic carbocycles. The smallest absolute Gasteiger partial charge is 0.228 e. The molecule has 2 amide bonds. The van der Waals surface area contributed by atoms with Crippen LogP contribution in [0.1, 0.15) is 45.4 Å². The number of carbonyl (C=O) groups excluding carboxylic acids is 2. The lowest BCUT2D eigenvalue weighted by molar-refractivity contribution is -0.138. The number of nitrogens with zero attached hydrogens (tertiary/aromatic N) is 1. The zero-order chi connectivity index (χ0) is 12.3. The molecular formula is C13H22N2O2. The second kappa shape index (κ2) is 5.52. The molecular weight excluding hydrogens is 216 g/mol. The van der Waals surface area contributed by atoms with Gasteiger partial charge in [-0.05, 0) is 19.3 Å². The summed E-state index contributed by atoms with van der Waals surface area (Å²) < 4.78 is 0. The average Bonchev–Trinajstić information content (AvgIpc) is 2.64. The van der Waals surface area contributed by atoms with Crippen LogP contribution in [-0.2, 0) is 9.59 Å². The van der Waals surface area contributed by atoms with Crippen LogP contribution in [0.25, 0.3) is 0 Å². The van der Waals surface area contributed by atoms with E-state index in [0.29, 0.717) is 19.0 Å². The van der Waals surface area contributed by atoms with E-state index in [2.05, 4.69) is 12.2 Å². The molecule has 2 aliphatic heterocycles. The molecule has 0 bridgehead atoms.